The molecule has 0 spiro atoms. The fourth-order valence-corrected chi connectivity index (χ4v) is 3.27. The number of carbonyl (C=O) groups excluding carboxylic acids is 1. The van der Waals surface area contributed by atoms with Crippen molar-refractivity contribution < 1.29 is 18.7 Å². The number of alkyl halides is 1. The minimum atomic E-state index is -0.529. The van der Waals surface area contributed by atoms with Crippen molar-refractivity contribution in [2.24, 2.45) is 0 Å². The summed E-state index contributed by atoms with van der Waals surface area (Å²) in [7, 11) is 1.64. The molecule has 6 heteroatoms. The van der Waals surface area contributed by atoms with E-state index >= 15 is 0 Å². The summed E-state index contributed by atoms with van der Waals surface area (Å²) < 4.78 is 16.5. The molecule has 2 aromatic carbocycles. The third-order valence-corrected chi connectivity index (χ3v) is 4.55. The van der Waals surface area contributed by atoms with Crippen molar-refractivity contribution in [3.05, 3.63) is 59.4 Å². The molecule has 0 atom stereocenters. The average molecular weight is 416 g/mol. The van der Waals surface area contributed by atoms with Crippen LogP contribution in [-0.4, -0.2) is 18.8 Å². The van der Waals surface area contributed by atoms with Crippen LogP contribution in [0.5, 0.6) is 0 Å². The molecule has 1 amide bonds. The largest absolute Gasteiger partial charge is 0.458 e. The van der Waals surface area contributed by atoms with Gasteiger partial charge in [-0.1, -0.05) is 18.2 Å². The van der Waals surface area contributed by atoms with E-state index < -0.39 is 11.7 Å². The molecule has 1 heterocycles. The Morgan fingerprint density at radius 1 is 1.14 bits per heavy atom. The molecule has 154 valence electrons. The van der Waals surface area contributed by atoms with Crippen LogP contribution in [0.2, 0.25) is 0 Å². The summed E-state index contributed by atoms with van der Waals surface area (Å²) in [6, 6.07) is 14.0. The van der Waals surface area contributed by atoms with Crippen molar-refractivity contribution in [2.45, 2.75) is 45.4 Å². The second-order valence-corrected chi connectivity index (χ2v) is 8.16. The van der Waals surface area contributed by atoms with Crippen LogP contribution in [0, 0.1) is 0 Å². The van der Waals surface area contributed by atoms with E-state index in [4.69, 9.17) is 25.5 Å². The summed E-state index contributed by atoms with van der Waals surface area (Å²) in [5, 5.41) is 3.78. The van der Waals surface area contributed by atoms with Gasteiger partial charge in [0.1, 0.15) is 23.6 Å². The minimum Gasteiger partial charge on any atom is -0.458 e. The van der Waals surface area contributed by atoms with Gasteiger partial charge in [0.15, 0.2) is 0 Å². The van der Waals surface area contributed by atoms with E-state index in [2.05, 4.69) is 5.32 Å². The number of alkyl carbamates (subject to hydrolysis) is 1. The van der Waals surface area contributed by atoms with E-state index in [9.17, 15) is 4.79 Å². The van der Waals surface area contributed by atoms with Crippen LogP contribution in [0.4, 0.5) is 4.79 Å². The quantitative estimate of drug-likeness (QED) is 0.501. The third-order valence-electron chi connectivity index (χ3n) is 4.24. The number of methoxy groups -OCH3 is 1. The Labute approximate surface area is 175 Å². The van der Waals surface area contributed by atoms with Gasteiger partial charge in [-0.05, 0) is 61.7 Å². The van der Waals surface area contributed by atoms with Gasteiger partial charge in [-0.25, -0.2) is 4.79 Å². The highest BCUT2D eigenvalue weighted by Gasteiger charge is 2.16. The topological polar surface area (TPSA) is 60.7 Å². The smallest absolute Gasteiger partial charge is 0.407 e. The maximum absolute atomic E-state index is 11.9. The molecule has 5 nitrogen and oxygen atoms in total. The summed E-state index contributed by atoms with van der Waals surface area (Å²) >= 11 is 6.11. The second kappa shape index (κ2) is 8.89. The number of halogens is 1. The molecule has 1 aromatic heterocycles. The number of fused-ring (bicyclic) bond motifs is 1. The molecular weight excluding hydrogens is 390 g/mol. The van der Waals surface area contributed by atoms with E-state index in [1.54, 1.807) is 7.11 Å². The second-order valence-electron chi connectivity index (χ2n) is 7.90. The van der Waals surface area contributed by atoms with Crippen LogP contribution in [-0.2, 0) is 28.5 Å². The first-order chi connectivity index (χ1) is 13.8. The molecule has 0 fully saturated rings. The number of carbonyl (C=O) groups is 1. The highest BCUT2D eigenvalue weighted by molar-refractivity contribution is 6.17. The van der Waals surface area contributed by atoms with Crippen molar-refractivity contribution in [3.63, 3.8) is 0 Å². The molecule has 0 aliphatic rings. The Kier molecular flexibility index (Phi) is 6.50. The van der Waals surface area contributed by atoms with Crippen LogP contribution in [0.15, 0.2) is 46.9 Å². The van der Waals surface area contributed by atoms with Gasteiger partial charge in [-0.15, -0.1) is 11.6 Å². The molecule has 3 aromatic rings. The van der Waals surface area contributed by atoms with Gasteiger partial charge in [0, 0.05) is 30.5 Å². The van der Waals surface area contributed by atoms with Crippen LogP contribution in [0.25, 0.3) is 22.1 Å². The number of ether oxygens (including phenoxy) is 2. The fraction of sp³-hybridized carbons (Fsp3) is 0.348. The molecule has 0 aliphatic carbocycles. The summed E-state index contributed by atoms with van der Waals surface area (Å²) in [6.45, 7) is 6.29. The molecular formula is C23H26ClNO4. The van der Waals surface area contributed by atoms with Gasteiger partial charge in [-0.2, -0.15) is 0 Å². The standard InChI is InChI=1S/C23H26ClNO4/c1-23(2,3)29-22(26)25-13-15-6-5-7-17(8-15)20-10-16(12-24)9-18-11-19(14-27-4)28-21(18)20/h5-11H,12-14H2,1-4H3,(H,25,26). The highest BCUT2D eigenvalue weighted by atomic mass is 35.5. The predicted octanol–water partition coefficient (Wildman–Crippen LogP) is 6.01. The highest BCUT2D eigenvalue weighted by Crippen LogP contribution is 2.33. The number of amides is 1. The lowest BCUT2D eigenvalue weighted by atomic mass is 9.99. The van der Waals surface area contributed by atoms with E-state index in [1.165, 1.54) is 0 Å². The molecule has 0 unspecified atom stereocenters. The van der Waals surface area contributed by atoms with Crippen molar-refractivity contribution in [3.8, 4) is 11.1 Å². The lowest BCUT2D eigenvalue weighted by Gasteiger charge is -2.19. The summed E-state index contributed by atoms with van der Waals surface area (Å²) in [5.74, 6) is 1.17. The molecule has 3 rings (SSSR count). The number of hydrogen-bond acceptors (Lipinski definition) is 4. The van der Waals surface area contributed by atoms with Crippen molar-refractivity contribution in [1.29, 1.82) is 0 Å². The molecule has 1 N–H and O–H groups in total. The monoisotopic (exact) mass is 415 g/mol. The van der Waals surface area contributed by atoms with Crippen molar-refractivity contribution in [2.75, 3.05) is 7.11 Å². The zero-order valence-electron chi connectivity index (χ0n) is 17.2. The van der Waals surface area contributed by atoms with Crippen LogP contribution in [0.1, 0.15) is 37.7 Å². The van der Waals surface area contributed by atoms with Crippen molar-refractivity contribution >= 4 is 28.7 Å². The first-order valence-electron chi connectivity index (χ1n) is 9.45. The lowest BCUT2D eigenvalue weighted by Crippen LogP contribution is -2.32. The van der Waals surface area contributed by atoms with Crippen LogP contribution < -0.4 is 5.32 Å². The van der Waals surface area contributed by atoms with Crippen LogP contribution in [0.3, 0.4) is 0 Å². The maximum Gasteiger partial charge on any atom is 0.407 e. The first-order valence-corrected chi connectivity index (χ1v) is 9.99. The van der Waals surface area contributed by atoms with E-state index in [1.807, 2.05) is 63.2 Å². The van der Waals surface area contributed by atoms with Gasteiger partial charge in [-0.3, -0.25) is 0 Å². The van der Waals surface area contributed by atoms with Gasteiger partial charge in [0.05, 0.1) is 0 Å². The SMILES string of the molecule is COCc1cc2cc(CCl)cc(-c3cccc(CNC(=O)OC(C)(C)C)c3)c2o1. The average Bonchev–Trinajstić information content (AvgIpc) is 3.07. The zero-order valence-corrected chi connectivity index (χ0v) is 17.9. The Morgan fingerprint density at radius 3 is 2.62 bits per heavy atom. The molecule has 0 saturated carbocycles. The van der Waals surface area contributed by atoms with Crippen LogP contribution >= 0.6 is 11.6 Å². The van der Waals surface area contributed by atoms with Gasteiger partial charge in [0.25, 0.3) is 0 Å². The van der Waals surface area contributed by atoms with Gasteiger partial charge < -0.3 is 19.2 Å². The van der Waals surface area contributed by atoms with Crippen molar-refractivity contribution in [1.82, 2.24) is 5.32 Å². The third kappa shape index (κ3) is 5.52. The molecule has 0 bridgehead atoms. The number of benzene rings is 2. The maximum atomic E-state index is 11.9. The number of rotatable bonds is 6. The normalized spacial score (nSPS) is 11.6. The zero-order chi connectivity index (χ0) is 21.0. The number of nitrogens with one attached hydrogen (secondary N) is 1. The Hall–Kier alpha value is -2.50. The number of hydrogen-bond donors (Lipinski definition) is 1. The minimum absolute atomic E-state index is 0.369. The van der Waals surface area contributed by atoms with Gasteiger partial charge in [0.2, 0.25) is 0 Å². The fourth-order valence-electron chi connectivity index (χ4n) is 3.11. The van der Waals surface area contributed by atoms with E-state index in [-0.39, 0.29) is 0 Å². The summed E-state index contributed by atoms with van der Waals surface area (Å²) in [5.41, 5.74) is 4.18. The predicted molar refractivity (Wildman–Crippen MR) is 115 cm³/mol. The lowest BCUT2D eigenvalue weighted by molar-refractivity contribution is 0.0523. The Morgan fingerprint density at radius 2 is 1.93 bits per heavy atom. The number of furan rings is 1. The molecule has 0 radical (unpaired) electrons. The molecule has 0 aliphatic heterocycles. The van der Waals surface area contributed by atoms with E-state index in [0.29, 0.717) is 19.0 Å². The Balaban J connectivity index is 1.89. The summed E-state index contributed by atoms with van der Waals surface area (Å²) in [4.78, 5) is 11.9. The van der Waals surface area contributed by atoms with Gasteiger partial charge >= 0.3 is 6.09 Å². The summed E-state index contributed by atoms with van der Waals surface area (Å²) in [6.07, 6.45) is -0.440. The molecule has 0 saturated heterocycles. The Bertz CT molecular complexity index is 1000. The first kappa shape index (κ1) is 21.2. The molecule has 29 heavy (non-hydrogen) atoms. The van der Waals surface area contributed by atoms with E-state index in [0.717, 1.165) is 39.0 Å².